The van der Waals surface area contributed by atoms with E-state index in [1.807, 2.05) is 6.92 Å². The van der Waals surface area contributed by atoms with Crippen molar-refractivity contribution in [1.82, 2.24) is 4.90 Å². The Kier molecular flexibility index (Phi) is 4.46. The van der Waals surface area contributed by atoms with Crippen LogP contribution in [-0.4, -0.2) is 41.6 Å². The Hall–Kier alpha value is -1.59. The van der Waals surface area contributed by atoms with Crippen molar-refractivity contribution in [1.29, 1.82) is 0 Å². The molecule has 6 nitrogen and oxygen atoms in total. The molecule has 1 fully saturated rings. The number of methoxy groups -OCH3 is 1. The molecule has 1 heterocycles. The van der Waals surface area contributed by atoms with Crippen LogP contribution >= 0.6 is 0 Å². The van der Waals surface area contributed by atoms with Gasteiger partial charge in [0.1, 0.15) is 5.60 Å². The Morgan fingerprint density at radius 2 is 1.90 bits per heavy atom. The van der Waals surface area contributed by atoms with Gasteiger partial charge in [-0.2, -0.15) is 0 Å². The van der Waals surface area contributed by atoms with Gasteiger partial charge in [-0.1, -0.05) is 13.3 Å². The molecule has 0 aromatic carbocycles. The molecular weight excluding hydrogens is 262 g/mol. The molecule has 114 valence electrons. The van der Waals surface area contributed by atoms with Gasteiger partial charge in [0.15, 0.2) is 6.04 Å². The second-order valence-electron chi connectivity index (χ2n) is 6.25. The summed E-state index contributed by atoms with van der Waals surface area (Å²) in [4.78, 5) is 37.1. The summed E-state index contributed by atoms with van der Waals surface area (Å²) in [5.41, 5.74) is -1.62. The lowest BCUT2D eigenvalue weighted by molar-refractivity contribution is -0.182. The summed E-state index contributed by atoms with van der Waals surface area (Å²) in [5.74, 6) is -0.976. The van der Waals surface area contributed by atoms with Crippen LogP contribution in [-0.2, 0) is 19.1 Å². The van der Waals surface area contributed by atoms with Gasteiger partial charge >= 0.3 is 12.1 Å². The summed E-state index contributed by atoms with van der Waals surface area (Å²) < 4.78 is 9.88. The van der Waals surface area contributed by atoms with Crippen molar-refractivity contribution in [2.45, 2.75) is 59.1 Å². The molecule has 1 saturated heterocycles. The third-order valence-electron chi connectivity index (χ3n) is 3.35. The molecule has 1 aliphatic heterocycles. The predicted octanol–water partition coefficient (Wildman–Crippen LogP) is 2.11. The first-order valence-corrected chi connectivity index (χ1v) is 6.73. The number of likely N-dealkylation sites (tertiary alicyclic amines) is 1. The van der Waals surface area contributed by atoms with Crippen LogP contribution in [0.15, 0.2) is 0 Å². The summed E-state index contributed by atoms with van der Waals surface area (Å²) in [5, 5.41) is 0. The highest BCUT2D eigenvalue weighted by Crippen LogP contribution is 2.44. The van der Waals surface area contributed by atoms with Crippen LogP contribution in [0.25, 0.3) is 0 Å². The molecule has 6 heteroatoms. The molecule has 0 saturated carbocycles. The number of hydrogen-bond donors (Lipinski definition) is 0. The molecule has 0 aromatic rings. The minimum absolute atomic E-state index is 0.385. The second kappa shape index (κ2) is 5.42. The fourth-order valence-corrected chi connectivity index (χ4v) is 2.47. The van der Waals surface area contributed by atoms with Gasteiger partial charge in [-0.05, 0) is 34.1 Å². The molecule has 2 unspecified atom stereocenters. The fourth-order valence-electron chi connectivity index (χ4n) is 2.47. The van der Waals surface area contributed by atoms with Gasteiger partial charge in [0.2, 0.25) is 5.91 Å². The number of hydrogen-bond acceptors (Lipinski definition) is 5. The molecule has 20 heavy (non-hydrogen) atoms. The van der Waals surface area contributed by atoms with Gasteiger partial charge in [-0.25, -0.2) is 14.5 Å². The SMILES string of the molecule is CCCC1(C)C(=O)N(C(=O)OC(C)(C)C)C1C(=O)OC. The molecule has 0 spiro atoms. The first-order valence-electron chi connectivity index (χ1n) is 6.73. The summed E-state index contributed by atoms with van der Waals surface area (Å²) in [7, 11) is 1.24. The average molecular weight is 285 g/mol. The smallest absolute Gasteiger partial charge is 0.417 e. The maximum Gasteiger partial charge on any atom is 0.417 e. The van der Waals surface area contributed by atoms with Crippen molar-refractivity contribution in [3.8, 4) is 0 Å². The van der Waals surface area contributed by atoms with E-state index in [9.17, 15) is 14.4 Å². The van der Waals surface area contributed by atoms with Gasteiger partial charge in [0.25, 0.3) is 0 Å². The molecule has 2 amide bonds. The first-order chi connectivity index (χ1) is 9.08. The number of amides is 2. The number of ether oxygens (including phenoxy) is 2. The van der Waals surface area contributed by atoms with Crippen LogP contribution in [0.4, 0.5) is 4.79 Å². The van der Waals surface area contributed by atoms with Crippen molar-refractivity contribution in [3.63, 3.8) is 0 Å². The van der Waals surface area contributed by atoms with E-state index >= 15 is 0 Å². The highest BCUT2D eigenvalue weighted by molar-refractivity contribution is 6.08. The Labute approximate surface area is 119 Å². The zero-order chi connectivity index (χ0) is 15.7. The molecule has 0 aromatic heterocycles. The lowest BCUT2D eigenvalue weighted by atomic mass is 9.69. The lowest BCUT2D eigenvalue weighted by Gasteiger charge is -2.50. The van der Waals surface area contributed by atoms with Crippen molar-refractivity contribution >= 4 is 18.0 Å². The Morgan fingerprint density at radius 3 is 2.30 bits per heavy atom. The zero-order valence-electron chi connectivity index (χ0n) is 13.0. The van der Waals surface area contributed by atoms with E-state index in [0.717, 1.165) is 11.3 Å². The molecule has 0 bridgehead atoms. The summed E-state index contributed by atoms with van der Waals surface area (Å²) in [6, 6.07) is -0.908. The fraction of sp³-hybridized carbons (Fsp3) is 0.786. The van der Waals surface area contributed by atoms with Gasteiger partial charge in [0.05, 0.1) is 12.5 Å². The predicted molar refractivity (Wildman–Crippen MR) is 71.9 cm³/mol. The van der Waals surface area contributed by atoms with E-state index in [2.05, 4.69) is 0 Å². The van der Waals surface area contributed by atoms with Crippen LogP contribution in [0.2, 0.25) is 0 Å². The number of carbonyl (C=O) groups is 3. The monoisotopic (exact) mass is 285 g/mol. The zero-order valence-corrected chi connectivity index (χ0v) is 13.0. The lowest BCUT2D eigenvalue weighted by Crippen LogP contribution is -2.72. The highest BCUT2D eigenvalue weighted by atomic mass is 16.6. The highest BCUT2D eigenvalue weighted by Gasteiger charge is 2.64. The molecule has 1 rings (SSSR count). The minimum Gasteiger partial charge on any atom is -0.467 e. The van der Waals surface area contributed by atoms with E-state index < -0.39 is 29.1 Å². The van der Waals surface area contributed by atoms with Crippen molar-refractivity contribution < 1.29 is 23.9 Å². The van der Waals surface area contributed by atoms with Crippen LogP contribution < -0.4 is 0 Å². The number of β-lactam (4-membered cyclic amide) rings is 1. The van der Waals surface area contributed by atoms with E-state index in [1.54, 1.807) is 27.7 Å². The number of nitrogens with zero attached hydrogens (tertiary/aromatic N) is 1. The van der Waals surface area contributed by atoms with Crippen LogP contribution in [0.5, 0.6) is 0 Å². The largest absolute Gasteiger partial charge is 0.467 e. The average Bonchev–Trinajstić information content (AvgIpc) is 2.32. The number of imide groups is 1. The molecule has 0 aliphatic carbocycles. The Balaban J connectivity index is 3.00. The van der Waals surface area contributed by atoms with Gasteiger partial charge in [0, 0.05) is 0 Å². The number of rotatable bonds is 3. The van der Waals surface area contributed by atoms with Crippen molar-refractivity contribution in [2.75, 3.05) is 7.11 Å². The number of esters is 1. The van der Waals surface area contributed by atoms with Crippen LogP contribution in [0.3, 0.4) is 0 Å². The molecule has 0 N–H and O–H groups in total. The van der Waals surface area contributed by atoms with E-state index in [4.69, 9.17) is 9.47 Å². The topological polar surface area (TPSA) is 72.9 Å². The Bertz CT molecular complexity index is 426. The minimum atomic E-state index is -0.908. The maximum atomic E-state index is 12.2. The van der Waals surface area contributed by atoms with Gasteiger partial charge < -0.3 is 9.47 Å². The summed E-state index contributed by atoms with van der Waals surface area (Å²) >= 11 is 0. The van der Waals surface area contributed by atoms with Gasteiger partial charge in [-0.3, -0.25) is 4.79 Å². The van der Waals surface area contributed by atoms with Crippen LogP contribution in [0.1, 0.15) is 47.5 Å². The maximum absolute atomic E-state index is 12.2. The van der Waals surface area contributed by atoms with E-state index in [0.29, 0.717) is 6.42 Å². The normalized spacial score (nSPS) is 26.0. The Morgan fingerprint density at radius 1 is 1.35 bits per heavy atom. The number of carbonyl (C=O) groups excluding carboxylic acids is 3. The second-order valence-corrected chi connectivity index (χ2v) is 6.25. The molecule has 1 aliphatic rings. The standard InChI is InChI=1S/C14H23NO5/c1-7-8-14(5)9(10(16)19-6)15(11(14)17)12(18)20-13(2,3)4/h9H,7-8H2,1-6H3. The van der Waals surface area contributed by atoms with Crippen molar-refractivity contribution in [2.24, 2.45) is 5.41 Å². The van der Waals surface area contributed by atoms with E-state index in [1.165, 1.54) is 7.11 Å². The summed E-state index contributed by atoms with van der Waals surface area (Å²) in [6.45, 7) is 8.71. The van der Waals surface area contributed by atoms with Crippen molar-refractivity contribution in [3.05, 3.63) is 0 Å². The van der Waals surface area contributed by atoms with E-state index in [-0.39, 0.29) is 5.91 Å². The molecule has 2 atom stereocenters. The third kappa shape index (κ3) is 2.78. The molecule has 0 radical (unpaired) electrons. The van der Waals surface area contributed by atoms with Crippen LogP contribution in [0, 0.1) is 5.41 Å². The summed E-state index contributed by atoms with van der Waals surface area (Å²) in [6.07, 6.45) is 0.453. The quantitative estimate of drug-likeness (QED) is 0.586. The molecular formula is C14H23NO5. The third-order valence-corrected chi connectivity index (χ3v) is 3.35. The first kappa shape index (κ1) is 16.5. The van der Waals surface area contributed by atoms with Gasteiger partial charge in [-0.15, -0.1) is 0 Å².